The maximum Gasteiger partial charge on any atom is 0.0391 e. The topological polar surface area (TPSA) is 15.3 Å². The van der Waals surface area contributed by atoms with Crippen LogP contribution in [0.2, 0.25) is 0 Å². The second-order valence-electron chi connectivity index (χ2n) is 4.84. The van der Waals surface area contributed by atoms with Gasteiger partial charge in [0.1, 0.15) is 0 Å². The standard InChI is InChI=1S/C13H17BrN2/c14-11-4-2-10-3-5-12(15-13(10)8-11)9-16-6-1-7-16/h2,4,8,12,15H,1,3,5-7,9H2. The number of nitrogens with zero attached hydrogens (tertiary/aromatic N) is 1. The Morgan fingerprint density at radius 1 is 1.38 bits per heavy atom. The Balaban J connectivity index is 1.69. The summed E-state index contributed by atoms with van der Waals surface area (Å²) < 4.78 is 1.17. The number of aryl methyl sites for hydroxylation is 1. The highest BCUT2D eigenvalue weighted by atomic mass is 79.9. The fourth-order valence-electron chi connectivity index (χ4n) is 2.54. The molecule has 1 atom stereocenters. The van der Waals surface area contributed by atoms with Crippen LogP contribution in [0.1, 0.15) is 18.4 Å². The van der Waals surface area contributed by atoms with E-state index in [9.17, 15) is 0 Å². The van der Waals surface area contributed by atoms with E-state index in [4.69, 9.17) is 0 Å². The van der Waals surface area contributed by atoms with Gasteiger partial charge in [-0.1, -0.05) is 22.0 Å². The average molecular weight is 281 g/mol. The largest absolute Gasteiger partial charge is 0.381 e. The lowest BCUT2D eigenvalue weighted by atomic mass is 9.97. The number of rotatable bonds is 2. The van der Waals surface area contributed by atoms with E-state index in [2.05, 4.69) is 44.3 Å². The molecule has 1 unspecified atom stereocenters. The van der Waals surface area contributed by atoms with E-state index in [1.807, 2.05) is 0 Å². The molecule has 1 aromatic rings. The van der Waals surface area contributed by atoms with E-state index in [0.717, 1.165) is 0 Å². The molecule has 0 amide bonds. The Morgan fingerprint density at radius 3 is 3.00 bits per heavy atom. The molecule has 2 nitrogen and oxygen atoms in total. The summed E-state index contributed by atoms with van der Waals surface area (Å²) >= 11 is 3.54. The molecule has 0 radical (unpaired) electrons. The lowest BCUT2D eigenvalue weighted by molar-refractivity contribution is 0.171. The molecule has 2 aliphatic rings. The third-order valence-corrected chi connectivity index (χ3v) is 4.11. The minimum Gasteiger partial charge on any atom is -0.381 e. The summed E-state index contributed by atoms with van der Waals surface area (Å²) in [4.78, 5) is 2.54. The highest BCUT2D eigenvalue weighted by molar-refractivity contribution is 9.10. The van der Waals surface area contributed by atoms with Gasteiger partial charge in [-0.3, -0.25) is 0 Å². The highest BCUT2D eigenvalue weighted by Gasteiger charge is 2.22. The molecule has 1 saturated heterocycles. The Bertz CT molecular complexity index is 388. The van der Waals surface area contributed by atoms with Gasteiger partial charge in [-0.05, 0) is 50.0 Å². The van der Waals surface area contributed by atoms with Gasteiger partial charge in [0.05, 0.1) is 0 Å². The minimum absolute atomic E-state index is 0.641. The zero-order valence-electron chi connectivity index (χ0n) is 9.38. The Hall–Kier alpha value is -0.540. The summed E-state index contributed by atoms with van der Waals surface area (Å²) in [5, 5.41) is 3.67. The van der Waals surface area contributed by atoms with Gasteiger partial charge >= 0.3 is 0 Å². The van der Waals surface area contributed by atoms with Crippen LogP contribution < -0.4 is 5.32 Å². The normalized spacial score (nSPS) is 24.4. The fourth-order valence-corrected chi connectivity index (χ4v) is 2.90. The molecule has 16 heavy (non-hydrogen) atoms. The average Bonchev–Trinajstić information content (AvgIpc) is 2.23. The van der Waals surface area contributed by atoms with E-state index < -0.39 is 0 Å². The van der Waals surface area contributed by atoms with E-state index in [1.54, 1.807) is 0 Å². The van der Waals surface area contributed by atoms with E-state index in [0.29, 0.717) is 6.04 Å². The molecule has 1 aromatic carbocycles. The number of hydrogen-bond donors (Lipinski definition) is 1. The molecule has 0 aliphatic carbocycles. The van der Waals surface area contributed by atoms with Gasteiger partial charge < -0.3 is 10.2 Å². The molecule has 2 aliphatic heterocycles. The number of likely N-dealkylation sites (tertiary alicyclic amines) is 1. The van der Waals surface area contributed by atoms with Crippen molar-refractivity contribution in [1.82, 2.24) is 4.90 Å². The van der Waals surface area contributed by atoms with Gasteiger partial charge in [0.2, 0.25) is 0 Å². The van der Waals surface area contributed by atoms with Crippen LogP contribution in [0.5, 0.6) is 0 Å². The van der Waals surface area contributed by atoms with Gasteiger partial charge in [0, 0.05) is 22.7 Å². The van der Waals surface area contributed by atoms with Crippen molar-refractivity contribution in [2.24, 2.45) is 0 Å². The maximum absolute atomic E-state index is 3.67. The number of anilines is 1. The minimum atomic E-state index is 0.641. The van der Waals surface area contributed by atoms with Crippen LogP contribution in [0.25, 0.3) is 0 Å². The molecule has 86 valence electrons. The number of benzene rings is 1. The first-order chi connectivity index (χ1) is 7.81. The van der Waals surface area contributed by atoms with Crippen LogP contribution in [0.3, 0.4) is 0 Å². The molecule has 1 N–H and O–H groups in total. The van der Waals surface area contributed by atoms with Crippen molar-refractivity contribution in [2.75, 3.05) is 25.0 Å². The second kappa shape index (κ2) is 4.38. The van der Waals surface area contributed by atoms with Crippen LogP contribution in [0.15, 0.2) is 22.7 Å². The summed E-state index contributed by atoms with van der Waals surface area (Å²) in [6, 6.07) is 7.21. The first kappa shape index (κ1) is 10.6. The zero-order chi connectivity index (χ0) is 11.0. The first-order valence-corrected chi connectivity index (χ1v) is 6.88. The van der Waals surface area contributed by atoms with Crippen molar-refractivity contribution < 1.29 is 0 Å². The van der Waals surface area contributed by atoms with Crippen molar-refractivity contribution in [3.8, 4) is 0 Å². The molecule has 3 rings (SSSR count). The lowest BCUT2D eigenvalue weighted by Gasteiger charge is -2.36. The molecule has 2 heterocycles. The Kier molecular flexibility index (Phi) is 2.90. The molecule has 0 spiro atoms. The smallest absolute Gasteiger partial charge is 0.0391 e. The molecule has 3 heteroatoms. The summed E-state index contributed by atoms with van der Waals surface area (Å²) in [7, 11) is 0. The summed E-state index contributed by atoms with van der Waals surface area (Å²) in [5.74, 6) is 0. The third-order valence-electron chi connectivity index (χ3n) is 3.62. The van der Waals surface area contributed by atoms with Crippen molar-refractivity contribution in [2.45, 2.75) is 25.3 Å². The Morgan fingerprint density at radius 2 is 2.25 bits per heavy atom. The molecule has 0 aromatic heterocycles. The first-order valence-electron chi connectivity index (χ1n) is 6.08. The lowest BCUT2D eigenvalue weighted by Crippen LogP contribution is -2.45. The SMILES string of the molecule is Brc1ccc2c(c1)NC(CN1CCC1)CC2. The van der Waals surface area contributed by atoms with Crippen molar-refractivity contribution in [3.63, 3.8) is 0 Å². The van der Waals surface area contributed by atoms with Gasteiger partial charge in [-0.15, -0.1) is 0 Å². The number of nitrogens with one attached hydrogen (secondary N) is 1. The van der Waals surface area contributed by atoms with Crippen LogP contribution in [-0.4, -0.2) is 30.6 Å². The number of fused-ring (bicyclic) bond motifs is 1. The van der Waals surface area contributed by atoms with Gasteiger partial charge in [-0.25, -0.2) is 0 Å². The fraction of sp³-hybridized carbons (Fsp3) is 0.538. The van der Waals surface area contributed by atoms with Gasteiger partial charge in [0.15, 0.2) is 0 Å². The zero-order valence-corrected chi connectivity index (χ0v) is 11.0. The van der Waals surface area contributed by atoms with E-state index in [1.165, 1.54) is 54.6 Å². The number of hydrogen-bond acceptors (Lipinski definition) is 2. The van der Waals surface area contributed by atoms with Crippen molar-refractivity contribution >= 4 is 21.6 Å². The van der Waals surface area contributed by atoms with E-state index in [-0.39, 0.29) is 0 Å². The van der Waals surface area contributed by atoms with Crippen LogP contribution in [-0.2, 0) is 6.42 Å². The van der Waals surface area contributed by atoms with Gasteiger partial charge in [-0.2, -0.15) is 0 Å². The maximum atomic E-state index is 3.67. The van der Waals surface area contributed by atoms with Crippen LogP contribution >= 0.6 is 15.9 Å². The monoisotopic (exact) mass is 280 g/mol. The third kappa shape index (κ3) is 2.11. The highest BCUT2D eigenvalue weighted by Crippen LogP contribution is 2.28. The van der Waals surface area contributed by atoms with Gasteiger partial charge in [0.25, 0.3) is 0 Å². The summed E-state index contributed by atoms with van der Waals surface area (Å²) in [5.41, 5.74) is 2.79. The van der Waals surface area contributed by atoms with Crippen molar-refractivity contribution in [3.05, 3.63) is 28.2 Å². The van der Waals surface area contributed by atoms with Crippen LogP contribution in [0.4, 0.5) is 5.69 Å². The molecule has 0 bridgehead atoms. The summed E-state index contributed by atoms with van der Waals surface area (Å²) in [6.07, 6.45) is 3.87. The Labute approximate surface area is 105 Å². The molecule has 0 saturated carbocycles. The molecule has 1 fully saturated rings. The predicted octanol–water partition coefficient (Wildman–Crippen LogP) is 2.88. The van der Waals surface area contributed by atoms with E-state index >= 15 is 0 Å². The predicted molar refractivity (Wildman–Crippen MR) is 70.9 cm³/mol. The summed E-state index contributed by atoms with van der Waals surface area (Å²) in [6.45, 7) is 3.80. The number of halogens is 1. The second-order valence-corrected chi connectivity index (χ2v) is 5.75. The van der Waals surface area contributed by atoms with Crippen LogP contribution in [0, 0.1) is 0 Å². The van der Waals surface area contributed by atoms with Crippen molar-refractivity contribution in [1.29, 1.82) is 0 Å². The molecular formula is C13H17BrN2. The quantitative estimate of drug-likeness (QED) is 0.896. The molecular weight excluding hydrogens is 264 g/mol.